The molecular weight excluding hydrogens is 352 g/mol. The average Bonchev–Trinajstić information content (AvgIpc) is 2.91. The number of rotatable bonds is 4. The van der Waals surface area contributed by atoms with E-state index in [9.17, 15) is 5.21 Å². The summed E-state index contributed by atoms with van der Waals surface area (Å²) < 4.78 is 0. The molecule has 5 heteroatoms. The van der Waals surface area contributed by atoms with Crippen molar-refractivity contribution < 1.29 is 5.21 Å². The van der Waals surface area contributed by atoms with Gasteiger partial charge in [0.25, 0.3) is 0 Å². The van der Waals surface area contributed by atoms with Crippen molar-refractivity contribution in [3.8, 4) is 0 Å². The Bertz CT molecular complexity index is 947. The number of nitrogens with zero attached hydrogens (tertiary/aromatic N) is 1. The molecule has 0 unspecified atom stereocenters. The zero-order chi connectivity index (χ0) is 18.0. The second-order valence-corrected chi connectivity index (χ2v) is 7.78. The van der Waals surface area contributed by atoms with Gasteiger partial charge in [0.2, 0.25) is 0 Å². The molecule has 2 N–H and O–H groups in total. The maximum atomic E-state index is 9.55. The van der Waals surface area contributed by atoms with Crippen molar-refractivity contribution in [1.29, 1.82) is 0 Å². The summed E-state index contributed by atoms with van der Waals surface area (Å²) >= 11 is 8.16. The molecule has 2 aromatic carbocycles. The van der Waals surface area contributed by atoms with Crippen LogP contribution in [-0.2, 0) is 0 Å². The molecule has 0 saturated heterocycles. The number of thiophene rings is 1. The molecule has 0 aliphatic rings. The van der Waals surface area contributed by atoms with Crippen LogP contribution in [0.15, 0.2) is 53.7 Å². The van der Waals surface area contributed by atoms with Gasteiger partial charge in [0.15, 0.2) is 0 Å². The number of aryl methyl sites for hydroxylation is 3. The number of halogens is 1. The summed E-state index contributed by atoms with van der Waals surface area (Å²) in [5.41, 5.74) is 5.19. The first-order chi connectivity index (χ1) is 12.0. The summed E-state index contributed by atoms with van der Waals surface area (Å²) in [6, 6.07) is 15.8. The Morgan fingerprint density at radius 3 is 2.40 bits per heavy atom. The molecule has 25 heavy (non-hydrogen) atoms. The van der Waals surface area contributed by atoms with Crippen molar-refractivity contribution in [3.05, 3.63) is 80.0 Å². The molecule has 0 amide bonds. The third-order valence-electron chi connectivity index (χ3n) is 4.04. The number of benzene rings is 2. The van der Waals surface area contributed by atoms with Gasteiger partial charge in [-0.05, 0) is 56.7 Å². The van der Waals surface area contributed by atoms with E-state index in [1.54, 1.807) is 11.3 Å². The number of nitrogens with one attached hydrogen (secondary N) is 1. The zero-order valence-electron chi connectivity index (χ0n) is 14.3. The lowest BCUT2D eigenvalue weighted by atomic mass is 10.0. The fourth-order valence-electron chi connectivity index (χ4n) is 2.77. The van der Waals surface area contributed by atoms with Gasteiger partial charge in [-0.2, -0.15) is 0 Å². The van der Waals surface area contributed by atoms with Gasteiger partial charge < -0.3 is 10.5 Å². The van der Waals surface area contributed by atoms with E-state index >= 15 is 0 Å². The molecule has 3 aromatic rings. The van der Waals surface area contributed by atoms with E-state index in [1.165, 1.54) is 4.88 Å². The van der Waals surface area contributed by atoms with Gasteiger partial charge in [-0.1, -0.05) is 35.0 Å². The smallest absolute Gasteiger partial charge is 0.119 e. The lowest BCUT2D eigenvalue weighted by Gasteiger charge is -2.12. The van der Waals surface area contributed by atoms with Crippen molar-refractivity contribution in [3.63, 3.8) is 0 Å². The standard InChI is InChI=1S/C20H19ClN2OS/c1-12-6-4-5-7-19(12)22-15-8-9-16(18(21)11-15)20(23-24)17-10-13(2)25-14(17)3/h4-11,22,24H,1-3H3/b23-20+. The summed E-state index contributed by atoms with van der Waals surface area (Å²) in [6.45, 7) is 6.10. The predicted octanol–water partition coefficient (Wildman–Crippen LogP) is 6.30. The number of hydrogen-bond donors (Lipinski definition) is 2. The van der Waals surface area contributed by atoms with E-state index in [0.717, 1.165) is 27.4 Å². The van der Waals surface area contributed by atoms with Crippen LogP contribution in [0, 0.1) is 20.8 Å². The first-order valence-corrected chi connectivity index (χ1v) is 9.11. The highest BCUT2D eigenvalue weighted by molar-refractivity contribution is 7.12. The van der Waals surface area contributed by atoms with Crippen molar-refractivity contribution in [2.24, 2.45) is 5.16 Å². The quantitative estimate of drug-likeness (QED) is 0.321. The van der Waals surface area contributed by atoms with Crippen molar-refractivity contribution in [1.82, 2.24) is 0 Å². The van der Waals surface area contributed by atoms with Crippen LogP contribution < -0.4 is 5.32 Å². The summed E-state index contributed by atoms with van der Waals surface area (Å²) in [4.78, 5) is 2.27. The Morgan fingerprint density at radius 1 is 1.04 bits per heavy atom. The lowest BCUT2D eigenvalue weighted by molar-refractivity contribution is 0.319. The fourth-order valence-corrected chi connectivity index (χ4v) is 3.97. The van der Waals surface area contributed by atoms with E-state index in [-0.39, 0.29) is 0 Å². The van der Waals surface area contributed by atoms with Gasteiger partial charge in [-0.3, -0.25) is 0 Å². The van der Waals surface area contributed by atoms with Crippen molar-refractivity contribution in [2.45, 2.75) is 20.8 Å². The van der Waals surface area contributed by atoms with Crippen LogP contribution >= 0.6 is 22.9 Å². The monoisotopic (exact) mass is 370 g/mol. The Morgan fingerprint density at radius 2 is 1.80 bits per heavy atom. The third-order valence-corrected chi connectivity index (χ3v) is 5.32. The summed E-state index contributed by atoms with van der Waals surface area (Å²) in [5.74, 6) is 0. The normalized spacial score (nSPS) is 11.6. The highest BCUT2D eigenvalue weighted by Gasteiger charge is 2.16. The average molecular weight is 371 g/mol. The molecule has 0 bridgehead atoms. The highest BCUT2D eigenvalue weighted by atomic mass is 35.5. The second kappa shape index (κ2) is 7.30. The summed E-state index contributed by atoms with van der Waals surface area (Å²) in [6.07, 6.45) is 0. The van der Waals surface area contributed by atoms with Crippen LogP contribution in [0.2, 0.25) is 5.02 Å². The molecule has 0 atom stereocenters. The molecule has 0 spiro atoms. The van der Waals surface area contributed by atoms with Crippen LogP contribution in [0.4, 0.5) is 11.4 Å². The van der Waals surface area contributed by atoms with Gasteiger partial charge in [0.05, 0.1) is 5.02 Å². The topological polar surface area (TPSA) is 44.6 Å². The van der Waals surface area contributed by atoms with E-state index < -0.39 is 0 Å². The molecule has 0 radical (unpaired) electrons. The van der Waals surface area contributed by atoms with Gasteiger partial charge in [-0.25, -0.2) is 0 Å². The number of hydrogen-bond acceptors (Lipinski definition) is 4. The third kappa shape index (κ3) is 3.70. The highest BCUT2D eigenvalue weighted by Crippen LogP contribution is 2.30. The van der Waals surface area contributed by atoms with Crippen LogP contribution in [-0.4, -0.2) is 10.9 Å². The van der Waals surface area contributed by atoms with Crippen LogP contribution in [0.25, 0.3) is 0 Å². The van der Waals surface area contributed by atoms with E-state index in [4.69, 9.17) is 11.6 Å². The van der Waals surface area contributed by atoms with Crippen molar-refractivity contribution >= 4 is 40.0 Å². The van der Waals surface area contributed by atoms with Crippen LogP contribution in [0.1, 0.15) is 26.4 Å². The molecule has 1 heterocycles. The summed E-state index contributed by atoms with van der Waals surface area (Å²) in [7, 11) is 0. The molecule has 3 rings (SSSR count). The Balaban J connectivity index is 1.94. The van der Waals surface area contributed by atoms with E-state index in [0.29, 0.717) is 16.3 Å². The minimum absolute atomic E-state index is 0.495. The molecule has 1 aromatic heterocycles. The van der Waals surface area contributed by atoms with Crippen LogP contribution in [0.3, 0.4) is 0 Å². The van der Waals surface area contributed by atoms with Gasteiger partial charge in [0.1, 0.15) is 5.71 Å². The minimum Gasteiger partial charge on any atom is -0.410 e. The largest absolute Gasteiger partial charge is 0.410 e. The van der Waals surface area contributed by atoms with E-state index in [1.807, 2.05) is 56.3 Å². The predicted molar refractivity (Wildman–Crippen MR) is 107 cm³/mol. The van der Waals surface area contributed by atoms with Gasteiger partial charge in [-0.15, -0.1) is 11.3 Å². The first-order valence-electron chi connectivity index (χ1n) is 7.91. The molecular formula is C20H19ClN2OS. The maximum Gasteiger partial charge on any atom is 0.119 e. The van der Waals surface area contributed by atoms with Crippen LogP contribution in [0.5, 0.6) is 0 Å². The lowest BCUT2D eigenvalue weighted by Crippen LogP contribution is -2.05. The molecule has 0 saturated carbocycles. The summed E-state index contributed by atoms with van der Waals surface area (Å²) in [5, 5.41) is 17.0. The molecule has 0 fully saturated rings. The molecule has 128 valence electrons. The van der Waals surface area contributed by atoms with Gasteiger partial charge in [0, 0.05) is 32.3 Å². The fraction of sp³-hybridized carbons (Fsp3) is 0.150. The van der Waals surface area contributed by atoms with Crippen molar-refractivity contribution in [2.75, 3.05) is 5.32 Å². The number of anilines is 2. The number of para-hydroxylation sites is 1. The second-order valence-electron chi connectivity index (χ2n) is 5.91. The maximum absolute atomic E-state index is 9.55. The van der Waals surface area contributed by atoms with E-state index in [2.05, 4.69) is 23.5 Å². The molecule has 3 nitrogen and oxygen atoms in total. The number of oxime groups is 1. The Hall–Kier alpha value is -2.30. The molecule has 0 aliphatic heterocycles. The molecule has 0 aliphatic carbocycles. The Labute approximate surface area is 156 Å². The Kier molecular flexibility index (Phi) is 5.11. The first kappa shape index (κ1) is 17.5. The van der Waals surface area contributed by atoms with Gasteiger partial charge >= 0.3 is 0 Å². The zero-order valence-corrected chi connectivity index (χ0v) is 15.9. The SMILES string of the molecule is Cc1cc(/C(=N/O)c2ccc(Nc3ccccc3C)cc2Cl)c(C)s1. The minimum atomic E-state index is 0.495.